The third-order valence-corrected chi connectivity index (χ3v) is 4.27. The Morgan fingerprint density at radius 1 is 1.35 bits per heavy atom. The van der Waals surface area contributed by atoms with Crippen molar-refractivity contribution < 1.29 is 14.4 Å². The number of amides is 1. The number of hydrogen-bond donors (Lipinski definition) is 1. The number of nitrogens with zero attached hydrogens (tertiary/aromatic N) is 3. The van der Waals surface area contributed by atoms with E-state index in [2.05, 4.69) is 10.1 Å². The summed E-state index contributed by atoms with van der Waals surface area (Å²) in [6, 6.07) is 9.48. The van der Waals surface area contributed by atoms with Crippen molar-refractivity contribution in [2.45, 2.75) is 45.2 Å². The molecule has 1 aliphatic rings. The van der Waals surface area contributed by atoms with Gasteiger partial charge in [-0.25, -0.2) is 4.79 Å². The van der Waals surface area contributed by atoms with E-state index in [1.165, 1.54) is 16.8 Å². The first kappa shape index (κ1) is 15.5. The van der Waals surface area contributed by atoms with Crippen LogP contribution in [-0.2, 0) is 0 Å². The molecule has 0 spiro atoms. The lowest BCUT2D eigenvalue weighted by atomic mass is 9.85. The lowest BCUT2D eigenvalue weighted by Crippen LogP contribution is -2.42. The molecule has 1 aromatic carbocycles. The molecular formula is C17H21N3O3. The molecule has 1 aromatic heterocycles. The lowest BCUT2D eigenvalue weighted by molar-refractivity contribution is 0.0579. The van der Waals surface area contributed by atoms with E-state index < -0.39 is 12.1 Å². The monoisotopic (exact) mass is 315 g/mol. The summed E-state index contributed by atoms with van der Waals surface area (Å²) in [5, 5.41) is 13.5. The highest BCUT2D eigenvalue weighted by molar-refractivity contribution is 5.67. The van der Waals surface area contributed by atoms with Crippen LogP contribution in [0.3, 0.4) is 0 Å². The average molecular weight is 315 g/mol. The van der Waals surface area contributed by atoms with Gasteiger partial charge in [-0.3, -0.25) is 4.90 Å². The maximum absolute atomic E-state index is 12.0. The Bertz CT molecular complexity index is 664. The van der Waals surface area contributed by atoms with Gasteiger partial charge >= 0.3 is 6.09 Å². The van der Waals surface area contributed by atoms with Gasteiger partial charge in [-0.05, 0) is 17.4 Å². The fourth-order valence-corrected chi connectivity index (χ4v) is 3.20. The summed E-state index contributed by atoms with van der Waals surface area (Å²) in [6.45, 7) is 5.95. The molecule has 0 saturated heterocycles. The molecule has 1 heterocycles. The smallest absolute Gasteiger partial charge is 0.408 e. The molecular weight excluding hydrogens is 294 g/mol. The maximum Gasteiger partial charge on any atom is 0.408 e. The van der Waals surface area contributed by atoms with Crippen LogP contribution in [0.5, 0.6) is 0 Å². The average Bonchev–Trinajstić information content (AvgIpc) is 3.09. The minimum atomic E-state index is -0.952. The van der Waals surface area contributed by atoms with Gasteiger partial charge in [-0.2, -0.15) is 4.98 Å². The Hall–Kier alpha value is -2.37. The third-order valence-electron chi connectivity index (χ3n) is 4.27. The van der Waals surface area contributed by atoms with Gasteiger partial charge in [0.15, 0.2) is 6.33 Å². The van der Waals surface area contributed by atoms with E-state index in [1.54, 1.807) is 0 Å². The highest BCUT2D eigenvalue weighted by Crippen LogP contribution is 2.50. The quantitative estimate of drug-likeness (QED) is 0.930. The largest absolute Gasteiger partial charge is 0.465 e. The van der Waals surface area contributed by atoms with Crippen molar-refractivity contribution >= 4 is 6.09 Å². The van der Waals surface area contributed by atoms with Gasteiger partial charge in [0.2, 0.25) is 5.89 Å². The first-order valence-electron chi connectivity index (χ1n) is 7.72. The van der Waals surface area contributed by atoms with Gasteiger partial charge in [-0.15, -0.1) is 0 Å². The van der Waals surface area contributed by atoms with Crippen LogP contribution in [0.25, 0.3) is 0 Å². The summed E-state index contributed by atoms with van der Waals surface area (Å²) >= 11 is 0. The van der Waals surface area contributed by atoms with Crippen LogP contribution < -0.4 is 0 Å². The first-order chi connectivity index (χ1) is 10.9. The Labute approximate surface area is 135 Å². The van der Waals surface area contributed by atoms with Crippen molar-refractivity contribution in [2.24, 2.45) is 5.41 Å². The molecule has 0 radical (unpaired) electrons. The molecule has 122 valence electrons. The zero-order valence-electron chi connectivity index (χ0n) is 13.5. The van der Waals surface area contributed by atoms with Gasteiger partial charge in [-0.1, -0.05) is 56.3 Å². The van der Waals surface area contributed by atoms with Crippen LogP contribution >= 0.6 is 0 Å². The van der Waals surface area contributed by atoms with Crippen LogP contribution in [0.4, 0.5) is 4.79 Å². The Balaban J connectivity index is 1.91. The minimum Gasteiger partial charge on any atom is -0.465 e. The number of benzene rings is 1. The molecule has 3 rings (SSSR count). The summed E-state index contributed by atoms with van der Waals surface area (Å²) in [4.78, 5) is 17.6. The standard InChI is InChI=1S/C17H21N3O3/c1-17(2,3)14(15-18-10-19-23-15)20(16(21)22)13-9-12(13)11-7-5-4-6-8-11/h4-8,10,12-14H,9H2,1-3H3,(H,21,22). The molecule has 6 nitrogen and oxygen atoms in total. The number of carbonyl (C=O) groups is 1. The van der Waals surface area contributed by atoms with E-state index in [0.717, 1.165) is 6.42 Å². The van der Waals surface area contributed by atoms with E-state index in [0.29, 0.717) is 5.89 Å². The fraction of sp³-hybridized carbons (Fsp3) is 0.471. The van der Waals surface area contributed by atoms with Crippen molar-refractivity contribution in [1.82, 2.24) is 15.0 Å². The van der Waals surface area contributed by atoms with Crippen molar-refractivity contribution in [2.75, 3.05) is 0 Å². The zero-order chi connectivity index (χ0) is 16.6. The van der Waals surface area contributed by atoms with Gasteiger partial charge in [0.05, 0.1) is 0 Å². The van der Waals surface area contributed by atoms with E-state index >= 15 is 0 Å². The molecule has 1 amide bonds. The molecule has 23 heavy (non-hydrogen) atoms. The first-order valence-corrected chi connectivity index (χ1v) is 7.72. The molecule has 0 aliphatic heterocycles. The van der Waals surface area contributed by atoms with Gasteiger partial charge < -0.3 is 9.63 Å². The topological polar surface area (TPSA) is 79.5 Å². The van der Waals surface area contributed by atoms with Crippen LogP contribution in [0.15, 0.2) is 41.2 Å². The van der Waals surface area contributed by atoms with E-state index in [9.17, 15) is 9.90 Å². The summed E-state index contributed by atoms with van der Waals surface area (Å²) < 4.78 is 5.21. The van der Waals surface area contributed by atoms with Crippen LogP contribution in [0.1, 0.15) is 50.6 Å². The maximum atomic E-state index is 12.0. The molecule has 1 saturated carbocycles. The number of rotatable bonds is 4. The van der Waals surface area contributed by atoms with Crippen molar-refractivity contribution in [3.63, 3.8) is 0 Å². The Morgan fingerprint density at radius 2 is 2.04 bits per heavy atom. The van der Waals surface area contributed by atoms with Crippen LogP contribution in [-0.4, -0.2) is 32.3 Å². The van der Waals surface area contributed by atoms with Crippen molar-refractivity contribution in [3.8, 4) is 0 Å². The SMILES string of the molecule is CC(C)(C)C(c1ncno1)N(C(=O)O)C1CC1c1ccccc1. The highest BCUT2D eigenvalue weighted by Gasteiger charge is 2.51. The molecule has 1 fully saturated rings. The second kappa shape index (κ2) is 5.68. The van der Waals surface area contributed by atoms with Gasteiger partial charge in [0.1, 0.15) is 6.04 Å². The molecule has 0 bridgehead atoms. The summed E-state index contributed by atoms with van der Waals surface area (Å²) in [6.07, 6.45) is 1.18. The van der Waals surface area contributed by atoms with Crippen LogP contribution in [0.2, 0.25) is 0 Å². The second-order valence-electron chi connectivity index (χ2n) is 7.06. The molecule has 2 aromatic rings. The molecule has 3 atom stereocenters. The Kier molecular flexibility index (Phi) is 3.83. The predicted octanol–water partition coefficient (Wildman–Crippen LogP) is 3.69. The second-order valence-corrected chi connectivity index (χ2v) is 7.06. The van der Waals surface area contributed by atoms with Gasteiger partial charge in [0.25, 0.3) is 0 Å². The normalized spacial score (nSPS) is 21.7. The number of carboxylic acid groups (broad SMARTS) is 1. The summed E-state index contributed by atoms with van der Waals surface area (Å²) in [7, 11) is 0. The molecule has 3 unspecified atom stereocenters. The van der Waals surface area contributed by atoms with E-state index in [4.69, 9.17) is 4.52 Å². The van der Waals surface area contributed by atoms with Crippen LogP contribution in [0, 0.1) is 5.41 Å². The summed E-state index contributed by atoms with van der Waals surface area (Å²) in [5.74, 6) is 0.568. The van der Waals surface area contributed by atoms with E-state index in [-0.39, 0.29) is 17.4 Å². The predicted molar refractivity (Wildman–Crippen MR) is 83.9 cm³/mol. The Morgan fingerprint density at radius 3 is 2.57 bits per heavy atom. The highest BCUT2D eigenvalue weighted by atomic mass is 16.5. The van der Waals surface area contributed by atoms with E-state index in [1.807, 2.05) is 51.1 Å². The molecule has 1 N–H and O–H groups in total. The van der Waals surface area contributed by atoms with Gasteiger partial charge in [0, 0.05) is 12.0 Å². The third kappa shape index (κ3) is 3.06. The summed E-state index contributed by atoms with van der Waals surface area (Å²) in [5.41, 5.74) is 0.816. The lowest BCUT2D eigenvalue weighted by Gasteiger charge is -2.36. The molecule has 1 aliphatic carbocycles. The number of hydrogen-bond acceptors (Lipinski definition) is 4. The number of aromatic nitrogens is 2. The fourth-order valence-electron chi connectivity index (χ4n) is 3.20. The van der Waals surface area contributed by atoms with Crippen molar-refractivity contribution in [3.05, 3.63) is 48.1 Å². The minimum absolute atomic E-state index is 0.0639. The molecule has 6 heteroatoms. The van der Waals surface area contributed by atoms with Crippen molar-refractivity contribution in [1.29, 1.82) is 0 Å². The zero-order valence-corrected chi connectivity index (χ0v) is 13.5.